The van der Waals surface area contributed by atoms with Gasteiger partial charge in [0.15, 0.2) is 0 Å². The van der Waals surface area contributed by atoms with Crippen molar-refractivity contribution in [3.63, 3.8) is 0 Å². The molecule has 2 aromatic rings. The molecule has 3 fully saturated rings. The van der Waals surface area contributed by atoms with E-state index >= 15 is 0 Å². The maximum absolute atomic E-state index is 13.2. The molecule has 4 atom stereocenters. The Labute approximate surface area is 236 Å². The van der Waals surface area contributed by atoms with E-state index in [2.05, 4.69) is 34.3 Å². The minimum absolute atomic E-state index is 0.0616. The average molecular weight is 547 g/mol. The number of hydrogen-bond acceptors (Lipinski definition) is 6. The summed E-state index contributed by atoms with van der Waals surface area (Å²) in [6.45, 7) is 10.0. The SMILES string of the molecule is Cc1cc(C(=O)N[C@H]2C[C@H]3CC[C@@H](C2)N3c2ccc(C(=O)N[C@@H]3CCCN(C(C)C)C3)cn2)c(C)cc1C(N)=O. The molecular weight excluding hydrogens is 504 g/mol. The van der Waals surface area contributed by atoms with E-state index in [4.69, 9.17) is 10.7 Å². The first-order valence-corrected chi connectivity index (χ1v) is 14.6. The van der Waals surface area contributed by atoms with Gasteiger partial charge in [-0.1, -0.05) is 0 Å². The van der Waals surface area contributed by atoms with Gasteiger partial charge in [0, 0.05) is 54.1 Å². The number of aryl methyl sites for hydroxylation is 2. The Morgan fingerprint density at radius 2 is 1.57 bits per heavy atom. The van der Waals surface area contributed by atoms with Crippen LogP contribution in [0.1, 0.15) is 94.6 Å². The van der Waals surface area contributed by atoms with Crippen molar-refractivity contribution in [3.8, 4) is 0 Å². The molecule has 1 aromatic heterocycles. The van der Waals surface area contributed by atoms with Crippen LogP contribution in [0.15, 0.2) is 30.5 Å². The van der Waals surface area contributed by atoms with Gasteiger partial charge in [-0.25, -0.2) is 4.98 Å². The molecule has 4 heterocycles. The summed E-state index contributed by atoms with van der Waals surface area (Å²) in [4.78, 5) is 47.2. The van der Waals surface area contributed by atoms with Crippen molar-refractivity contribution in [2.75, 3.05) is 18.0 Å². The number of benzene rings is 1. The van der Waals surface area contributed by atoms with E-state index in [-0.39, 0.29) is 23.9 Å². The number of nitrogens with zero attached hydrogens (tertiary/aromatic N) is 3. The minimum atomic E-state index is -0.485. The van der Waals surface area contributed by atoms with Crippen molar-refractivity contribution in [2.24, 2.45) is 5.73 Å². The van der Waals surface area contributed by atoms with Gasteiger partial charge in [-0.3, -0.25) is 19.3 Å². The average Bonchev–Trinajstić information content (AvgIpc) is 3.19. The fraction of sp³-hybridized carbons (Fsp3) is 0.548. The number of nitrogens with one attached hydrogen (secondary N) is 2. The van der Waals surface area contributed by atoms with E-state index in [1.54, 1.807) is 25.3 Å². The quantitative estimate of drug-likeness (QED) is 0.490. The minimum Gasteiger partial charge on any atom is -0.366 e. The molecule has 5 rings (SSSR count). The number of anilines is 1. The number of pyridine rings is 1. The van der Waals surface area contributed by atoms with Gasteiger partial charge >= 0.3 is 0 Å². The number of aromatic nitrogens is 1. The van der Waals surface area contributed by atoms with Crippen molar-refractivity contribution in [3.05, 3.63) is 58.3 Å². The van der Waals surface area contributed by atoms with Crippen LogP contribution < -0.4 is 21.3 Å². The summed E-state index contributed by atoms with van der Waals surface area (Å²) in [7, 11) is 0. The molecule has 3 saturated heterocycles. The second kappa shape index (κ2) is 11.6. The van der Waals surface area contributed by atoms with Gasteiger partial charge in [0.05, 0.1) is 5.56 Å². The van der Waals surface area contributed by atoms with Gasteiger partial charge < -0.3 is 21.3 Å². The number of piperidine rings is 2. The first-order chi connectivity index (χ1) is 19.1. The van der Waals surface area contributed by atoms with E-state index in [1.165, 1.54) is 0 Å². The molecule has 0 spiro atoms. The summed E-state index contributed by atoms with van der Waals surface area (Å²) in [6, 6.07) is 8.61. The highest BCUT2D eigenvalue weighted by molar-refractivity contribution is 5.99. The normalized spacial score (nSPS) is 24.7. The van der Waals surface area contributed by atoms with Crippen LogP contribution in [0.2, 0.25) is 0 Å². The van der Waals surface area contributed by atoms with Gasteiger partial charge in [0.2, 0.25) is 5.91 Å². The number of carbonyl (C=O) groups excluding carboxylic acids is 3. The fourth-order valence-electron chi connectivity index (χ4n) is 6.79. The molecule has 0 saturated carbocycles. The Morgan fingerprint density at radius 1 is 0.925 bits per heavy atom. The largest absolute Gasteiger partial charge is 0.366 e. The van der Waals surface area contributed by atoms with Crippen LogP contribution in [0, 0.1) is 13.8 Å². The number of fused-ring (bicyclic) bond motifs is 2. The van der Waals surface area contributed by atoms with E-state index in [0.29, 0.717) is 40.4 Å². The van der Waals surface area contributed by atoms with Gasteiger partial charge in [0.25, 0.3) is 11.8 Å². The number of carbonyl (C=O) groups is 3. The number of rotatable bonds is 7. The van der Waals surface area contributed by atoms with E-state index in [0.717, 1.165) is 63.0 Å². The number of primary amides is 1. The lowest BCUT2D eigenvalue weighted by Gasteiger charge is -2.40. The van der Waals surface area contributed by atoms with Crippen LogP contribution in [0.3, 0.4) is 0 Å². The molecule has 1 aromatic carbocycles. The van der Waals surface area contributed by atoms with E-state index < -0.39 is 5.91 Å². The van der Waals surface area contributed by atoms with Crippen molar-refractivity contribution in [2.45, 2.75) is 96.4 Å². The summed E-state index contributed by atoms with van der Waals surface area (Å²) in [5.41, 5.74) is 8.53. The van der Waals surface area contributed by atoms with Gasteiger partial charge in [-0.15, -0.1) is 0 Å². The topological polar surface area (TPSA) is 121 Å². The van der Waals surface area contributed by atoms with Crippen molar-refractivity contribution in [1.29, 1.82) is 0 Å². The third kappa shape index (κ3) is 5.84. The fourth-order valence-corrected chi connectivity index (χ4v) is 6.79. The predicted octanol–water partition coefficient (Wildman–Crippen LogP) is 3.33. The third-order valence-electron chi connectivity index (χ3n) is 8.94. The Bertz CT molecular complexity index is 1260. The summed E-state index contributed by atoms with van der Waals surface area (Å²) >= 11 is 0. The summed E-state index contributed by atoms with van der Waals surface area (Å²) < 4.78 is 0. The zero-order valence-electron chi connectivity index (χ0n) is 24.1. The molecular formula is C31H42N6O3. The Hall–Kier alpha value is -3.46. The zero-order valence-corrected chi connectivity index (χ0v) is 24.1. The molecule has 3 aliphatic heterocycles. The first-order valence-electron chi connectivity index (χ1n) is 14.6. The van der Waals surface area contributed by atoms with Crippen LogP contribution in [0.5, 0.6) is 0 Å². The van der Waals surface area contributed by atoms with Gasteiger partial charge in [-0.05, 0) is 108 Å². The number of amides is 3. The Morgan fingerprint density at radius 3 is 2.20 bits per heavy atom. The molecule has 3 amide bonds. The molecule has 0 radical (unpaired) electrons. The number of hydrogen-bond donors (Lipinski definition) is 3. The molecule has 9 nitrogen and oxygen atoms in total. The molecule has 214 valence electrons. The molecule has 0 aliphatic carbocycles. The van der Waals surface area contributed by atoms with E-state index in [9.17, 15) is 14.4 Å². The van der Waals surface area contributed by atoms with Crippen LogP contribution in [0.25, 0.3) is 0 Å². The van der Waals surface area contributed by atoms with Crippen molar-refractivity contribution < 1.29 is 14.4 Å². The summed E-state index contributed by atoms with van der Waals surface area (Å²) in [5.74, 6) is 0.234. The zero-order chi connectivity index (χ0) is 28.6. The van der Waals surface area contributed by atoms with Crippen molar-refractivity contribution in [1.82, 2.24) is 20.5 Å². The van der Waals surface area contributed by atoms with Crippen LogP contribution >= 0.6 is 0 Å². The smallest absolute Gasteiger partial charge is 0.253 e. The maximum atomic E-state index is 13.2. The van der Waals surface area contributed by atoms with Gasteiger partial charge in [-0.2, -0.15) is 0 Å². The first kappa shape index (κ1) is 28.1. The lowest BCUT2D eigenvalue weighted by atomic mass is 9.95. The molecule has 2 bridgehead atoms. The lowest BCUT2D eigenvalue weighted by molar-refractivity contribution is 0.0884. The third-order valence-corrected chi connectivity index (χ3v) is 8.94. The molecule has 9 heteroatoms. The van der Waals surface area contributed by atoms with E-state index in [1.807, 2.05) is 19.1 Å². The van der Waals surface area contributed by atoms with Crippen LogP contribution in [0.4, 0.5) is 5.82 Å². The maximum Gasteiger partial charge on any atom is 0.253 e. The highest BCUT2D eigenvalue weighted by atomic mass is 16.2. The standard InChI is InChI=1S/C31H42N6O3/c1-18(2)36-11-5-6-22(17-36)34-30(39)21-7-10-28(33-16-21)37-24-8-9-25(37)15-23(14-24)35-31(40)27-13-19(3)26(29(32)38)12-20(27)4/h7,10,12-13,16,18,22-25H,5-6,8-9,11,14-15,17H2,1-4H3,(H2,32,38)(H,34,39)(H,35,40)/t22-,23-,24+,25-/m1/s1. The second-order valence-corrected chi connectivity index (χ2v) is 12.1. The summed E-state index contributed by atoms with van der Waals surface area (Å²) in [6.07, 6.45) is 7.60. The highest BCUT2D eigenvalue weighted by Gasteiger charge is 2.42. The molecule has 4 N–H and O–H groups in total. The highest BCUT2D eigenvalue weighted by Crippen LogP contribution is 2.38. The van der Waals surface area contributed by atoms with Crippen LogP contribution in [-0.4, -0.2) is 70.9 Å². The van der Waals surface area contributed by atoms with Crippen LogP contribution in [-0.2, 0) is 0 Å². The van der Waals surface area contributed by atoms with Gasteiger partial charge in [0.1, 0.15) is 5.82 Å². The predicted molar refractivity (Wildman–Crippen MR) is 156 cm³/mol. The monoisotopic (exact) mass is 546 g/mol. The lowest BCUT2D eigenvalue weighted by Crippen LogP contribution is -2.51. The number of nitrogens with two attached hydrogens (primary N) is 1. The summed E-state index contributed by atoms with van der Waals surface area (Å²) in [5, 5.41) is 6.44. The molecule has 3 aliphatic rings. The number of likely N-dealkylation sites (tertiary alicyclic amines) is 1. The second-order valence-electron chi connectivity index (χ2n) is 12.1. The Balaban J connectivity index is 1.19. The van der Waals surface area contributed by atoms with Crippen molar-refractivity contribution >= 4 is 23.5 Å². The molecule has 0 unspecified atom stereocenters. The Kier molecular flexibility index (Phi) is 8.12. The molecule has 40 heavy (non-hydrogen) atoms.